The van der Waals surface area contributed by atoms with Crippen LogP contribution >= 0.6 is 11.3 Å². The smallest absolute Gasteiger partial charge is 0.260 e. The van der Waals surface area contributed by atoms with E-state index in [1.165, 1.54) is 17.6 Å². The average Bonchev–Trinajstić information content (AvgIpc) is 3.44. The van der Waals surface area contributed by atoms with Crippen molar-refractivity contribution in [3.05, 3.63) is 34.7 Å². The highest BCUT2D eigenvalue weighted by Gasteiger charge is 2.36. The van der Waals surface area contributed by atoms with Gasteiger partial charge in [-0.3, -0.25) is 14.9 Å². The van der Waals surface area contributed by atoms with Gasteiger partial charge in [-0.25, -0.2) is 4.98 Å². The molecule has 0 spiro atoms. The molecule has 0 bridgehead atoms. The number of amides is 2. The topological polar surface area (TPSA) is 93.9 Å². The van der Waals surface area contributed by atoms with Crippen LogP contribution in [0.25, 0.3) is 0 Å². The molecule has 9 heteroatoms. The van der Waals surface area contributed by atoms with E-state index in [-0.39, 0.29) is 30.6 Å². The molecule has 2 aromatic rings. The lowest BCUT2D eigenvalue weighted by Gasteiger charge is -2.38. The Labute approximate surface area is 166 Å². The fourth-order valence-electron chi connectivity index (χ4n) is 3.64. The zero-order chi connectivity index (χ0) is 19.5. The molecular weight excluding hydrogens is 382 g/mol. The van der Waals surface area contributed by atoms with Crippen molar-refractivity contribution in [2.75, 3.05) is 25.1 Å². The van der Waals surface area contributed by atoms with Gasteiger partial charge in [-0.05, 0) is 32.3 Å². The Morgan fingerprint density at radius 3 is 2.89 bits per heavy atom. The number of nitrogens with zero attached hydrogens (tertiary/aromatic N) is 2. The number of hydrogen-bond acceptors (Lipinski definition) is 7. The normalized spacial score (nSPS) is 20.5. The SMILES string of the molecule is Cc1occc1C(=O)Nc1nc(CC(=O)N2CCCCC2C2OCCO2)cs1. The summed E-state index contributed by atoms with van der Waals surface area (Å²) in [5, 5.41) is 5.02. The van der Waals surface area contributed by atoms with Gasteiger partial charge < -0.3 is 18.8 Å². The van der Waals surface area contributed by atoms with Crippen LogP contribution in [0.5, 0.6) is 0 Å². The zero-order valence-corrected chi connectivity index (χ0v) is 16.5. The van der Waals surface area contributed by atoms with Gasteiger partial charge in [-0.2, -0.15) is 0 Å². The number of ether oxygens (including phenoxy) is 2. The average molecular weight is 405 g/mol. The molecule has 0 aromatic carbocycles. The summed E-state index contributed by atoms with van der Waals surface area (Å²) >= 11 is 1.30. The molecule has 2 aliphatic rings. The number of carbonyl (C=O) groups excluding carboxylic acids is 2. The van der Waals surface area contributed by atoms with Crippen LogP contribution in [-0.2, 0) is 20.7 Å². The van der Waals surface area contributed by atoms with Crippen LogP contribution in [-0.4, -0.2) is 53.8 Å². The molecule has 2 amide bonds. The summed E-state index contributed by atoms with van der Waals surface area (Å²) in [6.45, 7) is 3.59. The number of rotatable bonds is 5. The first-order valence-electron chi connectivity index (χ1n) is 9.44. The highest BCUT2D eigenvalue weighted by molar-refractivity contribution is 7.14. The van der Waals surface area contributed by atoms with Crippen LogP contribution in [0.1, 0.15) is 41.1 Å². The van der Waals surface area contributed by atoms with Crippen molar-refractivity contribution >= 4 is 28.3 Å². The molecule has 4 heterocycles. The molecule has 0 aliphatic carbocycles. The van der Waals surface area contributed by atoms with Gasteiger partial charge in [0.05, 0.1) is 43.2 Å². The molecule has 2 aromatic heterocycles. The molecule has 28 heavy (non-hydrogen) atoms. The van der Waals surface area contributed by atoms with Crippen molar-refractivity contribution in [1.82, 2.24) is 9.88 Å². The van der Waals surface area contributed by atoms with Gasteiger partial charge in [0.2, 0.25) is 5.91 Å². The van der Waals surface area contributed by atoms with E-state index in [9.17, 15) is 9.59 Å². The maximum absolute atomic E-state index is 12.9. The molecular formula is C19H23N3O5S. The van der Waals surface area contributed by atoms with E-state index >= 15 is 0 Å². The molecule has 4 rings (SSSR count). The summed E-state index contributed by atoms with van der Waals surface area (Å²) in [4.78, 5) is 31.4. The van der Waals surface area contributed by atoms with Gasteiger partial charge >= 0.3 is 0 Å². The molecule has 0 saturated carbocycles. The van der Waals surface area contributed by atoms with E-state index in [0.29, 0.717) is 41.9 Å². The predicted octanol–water partition coefficient (Wildman–Crippen LogP) is 2.59. The minimum Gasteiger partial charge on any atom is -0.469 e. The maximum atomic E-state index is 12.9. The largest absolute Gasteiger partial charge is 0.469 e. The Kier molecular flexibility index (Phi) is 5.74. The van der Waals surface area contributed by atoms with Crippen molar-refractivity contribution in [2.45, 2.75) is 44.9 Å². The van der Waals surface area contributed by atoms with Crippen molar-refractivity contribution in [3.8, 4) is 0 Å². The van der Waals surface area contributed by atoms with Gasteiger partial charge in [0, 0.05) is 11.9 Å². The fourth-order valence-corrected chi connectivity index (χ4v) is 4.34. The van der Waals surface area contributed by atoms with Gasteiger partial charge in [0.15, 0.2) is 11.4 Å². The summed E-state index contributed by atoms with van der Waals surface area (Å²) in [6, 6.07) is 1.58. The van der Waals surface area contributed by atoms with E-state index in [4.69, 9.17) is 13.9 Å². The molecule has 2 aliphatic heterocycles. The second-order valence-corrected chi connectivity index (χ2v) is 7.78. The highest BCUT2D eigenvalue weighted by atomic mass is 32.1. The summed E-state index contributed by atoms with van der Waals surface area (Å²) < 4.78 is 16.4. The number of anilines is 1. The van der Waals surface area contributed by atoms with Crippen molar-refractivity contribution < 1.29 is 23.5 Å². The quantitative estimate of drug-likeness (QED) is 0.822. The Morgan fingerprint density at radius 1 is 1.32 bits per heavy atom. The standard InChI is InChI=1S/C19H23N3O5S/c1-12-14(5-7-25-12)17(24)21-19-20-13(11-28-19)10-16(23)22-6-3-2-4-15(22)18-26-8-9-27-18/h5,7,11,15,18H,2-4,6,8-10H2,1H3,(H,20,21,24). The predicted molar refractivity (Wildman–Crippen MR) is 102 cm³/mol. The van der Waals surface area contributed by atoms with Crippen LogP contribution < -0.4 is 5.32 Å². The van der Waals surface area contributed by atoms with Crippen LogP contribution in [0.4, 0.5) is 5.13 Å². The summed E-state index contributed by atoms with van der Waals surface area (Å²) in [6.07, 6.45) is 4.28. The lowest BCUT2D eigenvalue weighted by molar-refractivity contribution is -0.150. The van der Waals surface area contributed by atoms with Crippen LogP contribution in [0.15, 0.2) is 22.1 Å². The first-order chi connectivity index (χ1) is 13.6. The van der Waals surface area contributed by atoms with Crippen molar-refractivity contribution in [1.29, 1.82) is 0 Å². The second-order valence-electron chi connectivity index (χ2n) is 6.93. The van der Waals surface area contributed by atoms with Crippen LogP contribution in [0.2, 0.25) is 0 Å². The lowest BCUT2D eigenvalue weighted by Crippen LogP contribution is -2.50. The number of thiazole rings is 1. The molecule has 2 fully saturated rings. The third-order valence-corrected chi connectivity index (χ3v) is 5.85. The third kappa shape index (κ3) is 4.11. The van der Waals surface area contributed by atoms with E-state index in [1.54, 1.807) is 18.4 Å². The highest BCUT2D eigenvalue weighted by Crippen LogP contribution is 2.26. The number of aryl methyl sites for hydroxylation is 1. The fraction of sp³-hybridized carbons (Fsp3) is 0.526. The zero-order valence-electron chi connectivity index (χ0n) is 15.7. The molecule has 1 atom stereocenters. The second kappa shape index (κ2) is 8.42. The molecule has 8 nitrogen and oxygen atoms in total. The van der Waals surface area contributed by atoms with E-state index in [1.807, 2.05) is 4.90 Å². The molecule has 2 saturated heterocycles. The number of furan rings is 1. The lowest BCUT2D eigenvalue weighted by atomic mass is 10.0. The first-order valence-corrected chi connectivity index (χ1v) is 10.3. The molecule has 0 radical (unpaired) electrons. The first kappa shape index (κ1) is 19.1. The number of likely N-dealkylation sites (tertiary alicyclic amines) is 1. The van der Waals surface area contributed by atoms with Crippen molar-refractivity contribution in [3.63, 3.8) is 0 Å². The van der Waals surface area contributed by atoms with E-state index in [0.717, 1.165) is 19.3 Å². The number of aromatic nitrogens is 1. The number of carbonyl (C=O) groups is 2. The molecule has 150 valence electrons. The van der Waals surface area contributed by atoms with Crippen LogP contribution in [0, 0.1) is 6.92 Å². The number of hydrogen-bond donors (Lipinski definition) is 1. The van der Waals surface area contributed by atoms with Gasteiger partial charge in [-0.15, -0.1) is 11.3 Å². The molecule has 1 N–H and O–H groups in total. The summed E-state index contributed by atoms with van der Waals surface area (Å²) in [5.41, 5.74) is 1.12. The minimum absolute atomic E-state index is 0.0117. The maximum Gasteiger partial charge on any atom is 0.260 e. The third-order valence-electron chi connectivity index (χ3n) is 5.04. The summed E-state index contributed by atoms with van der Waals surface area (Å²) in [7, 11) is 0. The van der Waals surface area contributed by atoms with Gasteiger partial charge in [0.1, 0.15) is 5.76 Å². The van der Waals surface area contributed by atoms with Gasteiger partial charge in [0.25, 0.3) is 5.91 Å². The van der Waals surface area contributed by atoms with E-state index < -0.39 is 0 Å². The number of piperidine rings is 1. The van der Waals surface area contributed by atoms with Gasteiger partial charge in [-0.1, -0.05) is 0 Å². The Balaban J connectivity index is 1.38. The monoisotopic (exact) mass is 405 g/mol. The minimum atomic E-state index is -0.326. The summed E-state index contributed by atoms with van der Waals surface area (Å²) in [5.74, 6) is 0.291. The van der Waals surface area contributed by atoms with Crippen molar-refractivity contribution in [2.24, 2.45) is 0 Å². The number of nitrogens with one attached hydrogen (secondary N) is 1. The van der Waals surface area contributed by atoms with E-state index in [2.05, 4.69) is 10.3 Å². The Bertz CT molecular complexity index is 842. The Hall–Kier alpha value is -2.23. The molecule has 1 unspecified atom stereocenters. The van der Waals surface area contributed by atoms with Crippen LogP contribution in [0.3, 0.4) is 0 Å². The Morgan fingerprint density at radius 2 is 2.14 bits per heavy atom.